The smallest absolute Gasteiger partial charge is 0.276 e. The van der Waals surface area contributed by atoms with Crippen molar-refractivity contribution in [2.24, 2.45) is 0 Å². The fraction of sp³-hybridized carbons (Fsp3) is 0.571. The first kappa shape index (κ1) is 19.4. The summed E-state index contributed by atoms with van der Waals surface area (Å²) in [6, 6.07) is 3.89. The number of aromatic amines is 1. The molecule has 1 amide bonds. The van der Waals surface area contributed by atoms with E-state index in [0.717, 1.165) is 61.6 Å². The van der Waals surface area contributed by atoms with Gasteiger partial charge in [0.05, 0.1) is 12.3 Å². The number of carbonyl (C=O) groups is 1. The normalized spacial score (nSPS) is 17.2. The summed E-state index contributed by atoms with van der Waals surface area (Å²) in [5, 5.41) is 0. The maximum Gasteiger partial charge on any atom is 0.276 e. The minimum Gasteiger partial charge on any atom is -0.491 e. The van der Waals surface area contributed by atoms with Crippen LogP contribution in [0.4, 0.5) is 0 Å². The highest BCUT2D eigenvalue weighted by Crippen LogP contribution is 2.26. The molecule has 1 aliphatic rings. The summed E-state index contributed by atoms with van der Waals surface area (Å²) in [6.45, 7) is 9.33. The highest BCUT2D eigenvalue weighted by atomic mass is 16.5. The molecule has 0 spiro atoms. The van der Waals surface area contributed by atoms with Crippen LogP contribution < -0.4 is 4.74 Å². The van der Waals surface area contributed by atoms with Crippen molar-refractivity contribution in [1.82, 2.24) is 19.9 Å². The van der Waals surface area contributed by atoms with Gasteiger partial charge in [0, 0.05) is 30.4 Å². The number of aromatic nitrogens is 3. The van der Waals surface area contributed by atoms with Crippen molar-refractivity contribution in [3.05, 3.63) is 40.7 Å². The third kappa shape index (κ3) is 4.49. The predicted octanol–water partition coefficient (Wildman–Crippen LogP) is 3.76. The van der Waals surface area contributed by atoms with Gasteiger partial charge < -0.3 is 14.6 Å². The molecule has 27 heavy (non-hydrogen) atoms. The standard InChI is InChI=1S/C21H30N4O2/c1-5-12-27-18-10-9-14(2)22-20(18)21(26)25-11-7-6-8-17(25)13-19-23-15(3)16(4)24-19/h9-10,17H,5-8,11-13H2,1-4H3,(H,23,24)/t17-/m0/s1. The second-order valence-electron chi connectivity index (χ2n) is 7.39. The van der Waals surface area contributed by atoms with Crippen LogP contribution in [0.15, 0.2) is 12.1 Å². The molecule has 3 rings (SSSR count). The molecule has 1 fully saturated rings. The minimum absolute atomic E-state index is 0.0329. The lowest BCUT2D eigenvalue weighted by molar-refractivity contribution is 0.0600. The Bertz CT molecular complexity index is 780. The van der Waals surface area contributed by atoms with Gasteiger partial charge in [-0.05, 0) is 58.6 Å². The maximum absolute atomic E-state index is 13.4. The summed E-state index contributed by atoms with van der Waals surface area (Å²) < 4.78 is 5.80. The number of H-pyrrole nitrogens is 1. The lowest BCUT2D eigenvalue weighted by atomic mass is 9.98. The molecule has 6 heteroatoms. The van der Waals surface area contributed by atoms with E-state index < -0.39 is 0 Å². The van der Waals surface area contributed by atoms with Gasteiger partial charge in [0.25, 0.3) is 5.91 Å². The van der Waals surface area contributed by atoms with Crippen molar-refractivity contribution in [2.45, 2.75) is 65.8 Å². The number of amides is 1. The van der Waals surface area contributed by atoms with Gasteiger partial charge in [0.15, 0.2) is 11.4 Å². The number of aryl methyl sites for hydroxylation is 3. The van der Waals surface area contributed by atoms with Gasteiger partial charge in [0.1, 0.15) is 5.82 Å². The highest BCUT2D eigenvalue weighted by Gasteiger charge is 2.31. The van der Waals surface area contributed by atoms with E-state index >= 15 is 0 Å². The van der Waals surface area contributed by atoms with E-state index in [1.807, 2.05) is 37.8 Å². The number of hydrogen-bond donors (Lipinski definition) is 1. The summed E-state index contributed by atoms with van der Waals surface area (Å²) in [5.41, 5.74) is 3.37. The van der Waals surface area contributed by atoms with Crippen molar-refractivity contribution < 1.29 is 9.53 Å². The summed E-state index contributed by atoms with van der Waals surface area (Å²) in [5.74, 6) is 1.50. The largest absolute Gasteiger partial charge is 0.491 e. The monoisotopic (exact) mass is 370 g/mol. The zero-order valence-corrected chi connectivity index (χ0v) is 16.8. The Morgan fingerprint density at radius 3 is 2.78 bits per heavy atom. The molecular formula is C21H30N4O2. The van der Waals surface area contributed by atoms with Crippen LogP contribution in [-0.2, 0) is 6.42 Å². The number of pyridine rings is 1. The molecular weight excluding hydrogens is 340 g/mol. The molecule has 1 saturated heterocycles. The molecule has 2 aromatic heterocycles. The highest BCUT2D eigenvalue weighted by molar-refractivity contribution is 5.95. The van der Waals surface area contributed by atoms with Crippen LogP contribution in [0.3, 0.4) is 0 Å². The van der Waals surface area contributed by atoms with E-state index in [2.05, 4.69) is 21.9 Å². The van der Waals surface area contributed by atoms with Crippen molar-refractivity contribution in [3.8, 4) is 5.75 Å². The molecule has 3 heterocycles. The van der Waals surface area contributed by atoms with Crippen LogP contribution in [0.2, 0.25) is 0 Å². The fourth-order valence-electron chi connectivity index (χ4n) is 3.58. The van der Waals surface area contributed by atoms with Crippen LogP contribution >= 0.6 is 0 Å². The number of nitrogens with one attached hydrogen (secondary N) is 1. The Morgan fingerprint density at radius 1 is 1.26 bits per heavy atom. The van der Waals surface area contributed by atoms with Crippen LogP contribution in [-0.4, -0.2) is 45.0 Å². The molecule has 0 aromatic carbocycles. The number of carbonyl (C=O) groups excluding carboxylic acids is 1. The lowest BCUT2D eigenvalue weighted by Gasteiger charge is -2.35. The number of hydrogen-bond acceptors (Lipinski definition) is 4. The Morgan fingerprint density at radius 2 is 2.07 bits per heavy atom. The van der Waals surface area contributed by atoms with E-state index in [-0.39, 0.29) is 11.9 Å². The average molecular weight is 370 g/mol. The van der Waals surface area contributed by atoms with E-state index in [0.29, 0.717) is 18.1 Å². The number of likely N-dealkylation sites (tertiary alicyclic amines) is 1. The van der Waals surface area contributed by atoms with E-state index in [1.165, 1.54) is 0 Å². The van der Waals surface area contributed by atoms with Gasteiger partial charge in [-0.3, -0.25) is 4.79 Å². The zero-order chi connectivity index (χ0) is 19.4. The predicted molar refractivity (Wildman–Crippen MR) is 105 cm³/mol. The maximum atomic E-state index is 13.4. The topological polar surface area (TPSA) is 71.1 Å². The van der Waals surface area contributed by atoms with Crippen molar-refractivity contribution in [3.63, 3.8) is 0 Å². The van der Waals surface area contributed by atoms with Gasteiger partial charge in [-0.1, -0.05) is 6.92 Å². The lowest BCUT2D eigenvalue weighted by Crippen LogP contribution is -2.45. The number of ether oxygens (including phenoxy) is 1. The quantitative estimate of drug-likeness (QED) is 0.840. The van der Waals surface area contributed by atoms with E-state index in [4.69, 9.17) is 4.74 Å². The van der Waals surface area contributed by atoms with Gasteiger partial charge in [-0.15, -0.1) is 0 Å². The van der Waals surface area contributed by atoms with Crippen LogP contribution in [0.25, 0.3) is 0 Å². The number of rotatable bonds is 6. The summed E-state index contributed by atoms with van der Waals surface area (Å²) >= 11 is 0. The first-order valence-corrected chi connectivity index (χ1v) is 9.93. The second kappa shape index (κ2) is 8.55. The number of imidazole rings is 1. The molecule has 0 bridgehead atoms. The van der Waals surface area contributed by atoms with E-state index in [9.17, 15) is 4.79 Å². The number of piperidine rings is 1. The molecule has 1 atom stereocenters. The Balaban J connectivity index is 1.83. The first-order chi connectivity index (χ1) is 13.0. The van der Waals surface area contributed by atoms with Crippen molar-refractivity contribution >= 4 is 5.91 Å². The van der Waals surface area contributed by atoms with Crippen LogP contribution in [0.1, 0.15) is 66.0 Å². The SMILES string of the molecule is CCCOc1ccc(C)nc1C(=O)N1CCCC[C@H]1Cc1nc(C)c(C)[nH]1. The molecule has 1 N–H and O–H groups in total. The minimum atomic E-state index is -0.0329. The van der Waals surface area contributed by atoms with Crippen LogP contribution in [0, 0.1) is 20.8 Å². The van der Waals surface area contributed by atoms with Crippen LogP contribution in [0.5, 0.6) is 5.75 Å². The summed E-state index contributed by atoms with van der Waals surface area (Å²) in [7, 11) is 0. The first-order valence-electron chi connectivity index (χ1n) is 9.93. The van der Waals surface area contributed by atoms with Gasteiger partial charge in [-0.2, -0.15) is 0 Å². The number of nitrogens with zero attached hydrogens (tertiary/aromatic N) is 3. The molecule has 6 nitrogen and oxygen atoms in total. The molecule has 1 aliphatic heterocycles. The summed E-state index contributed by atoms with van der Waals surface area (Å²) in [4.78, 5) is 27.8. The van der Waals surface area contributed by atoms with Gasteiger partial charge >= 0.3 is 0 Å². The third-order valence-electron chi connectivity index (χ3n) is 5.16. The molecule has 2 aromatic rings. The molecule has 0 radical (unpaired) electrons. The molecule has 0 aliphatic carbocycles. The second-order valence-corrected chi connectivity index (χ2v) is 7.39. The van der Waals surface area contributed by atoms with Crippen molar-refractivity contribution in [2.75, 3.05) is 13.2 Å². The van der Waals surface area contributed by atoms with Gasteiger partial charge in [0.2, 0.25) is 0 Å². The Kier molecular flexibility index (Phi) is 6.14. The Hall–Kier alpha value is -2.37. The molecule has 146 valence electrons. The Labute approximate surface area is 161 Å². The van der Waals surface area contributed by atoms with Crippen molar-refractivity contribution in [1.29, 1.82) is 0 Å². The van der Waals surface area contributed by atoms with Gasteiger partial charge in [-0.25, -0.2) is 9.97 Å². The average Bonchev–Trinajstić information content (AvgIpc) is 2.97. The summed E-state index contributed by atoms with van der Waals surface area (Å²) in [6.07, 6.45) is 4.78. The van der Waals surface area contributed by atoms with E-state index in [1.54, 1.807) is 0 Å². The zero-order valence-electron chi connectivity index (χ0n) is 16.8. The fourth-order valence-corrected chi connectivity index (χ4v) is 3.58. The molecule has 0 unspecified atom stereocenters. The molecule has 0 saturated carbocycles. The third-order valence-corrected chi connectivity index (χ3v) is 5.16.